The van der Waals surface area contributed by atoms with E-state index in [0.29, 0.717) is 19.6 Å². The number of benzene rings is 1. The normalized spacial score (nSPS) is 16.1. The van der Waals surface area contributed by atoms with E-state index in [9.17, 15) is 4.79 Å². The number of ether oxygens (including phenoxy) is 2. The molecule has 1 atom stereocenters. The van der Waals surface area contributed by atoms with E-state index in [-0.39, 0.29) is 11.7 Å². The molecule has 0 aliphatic carbocycles. The molecule has 0 bridgehead atoms. The van der Waals surface area contributed by atoms with Crippen molar-refractivity contribution in [2.24, 2.45) is 0 Å². The van der Waals surface area contributed by atoms with Gasteiger partial charge in [0.05, 0.1) is 13.2 Å². The van der Waals surface area contributed by atoms with Gasteiger partial charge in [-0.05, 0) is 30.5 Å². The highest BCUT2D eigenvalue weighted by Gasteiger charge is 2.14. The molecule has 3 heteroatoms. The van der Waals surface area contributed by atoms with E-state index in [4.69, 9.17) is 9.47 Å². The second-order valence-corrected chi connectivity index (χ2v) is 4.56. The van der Waals surface area contributed by atoms with Crippen LogP contribution in [0.4, 0.5) is 0 Å². The van der Waals surface area contributed by atoms with Crippen LogP contribution in [0.3, 0.4) is 0 Å². The molecule has 0 spiro atoms. The number of carbonyl (C=O) groups excluding carboxylic acids is 1. The highest BCUT2D eigenvalue weighted by atomic mass is 16.5. The van der Waals surface area contributed by atoms with Crippen molar-refractivity contribution in [2.45, 2.75) is 32.6 Å². The zero-order chi connectivity index (χ0) is 12.3. The van der Waals surface area contributed by atoms with E-state index >= 15 is 0 Å². The summed E-state index contributed by atoms with van der Waals surface area (Å²) in [7, 11) is 0. The lowest BCUT2D eigenvalue weighted by Crippen LogP contribution is -2.01. The molecule has 1 aromatic rings. The third-order valence-corrected chi connectivity index (χ3v) is 2.93. The molecule has 1 aromatic carbocycles. The standard InChI is InChI=1S/C14H18O3/c1-10(8-11(2)15)12-4-5-13-14(9-12)17-7-3-6-16-13/h4-5,9-10H,3,6-8H2,1-2H3. The first kappa shape index (κ1) is 12.0. The third-order valence-electron chi connectivity index (χ3n) is 2.93. The van der Waals surface area contributed by atoms with Crippen molar-refractivity contribution in [1.29, 1.82) is 0 Å². The summed E-state index contributed by atoms with van der Waals surface area (Å²) < 4.78 is 11.2. The Labute approximate surface area is 102 Å². The van der Waals surface area contributed by atoms with Crippen LogP contribution in [0.2, 0.25) is 0 Å². The van der Waals surface area contributed by atoms with Gasteiger partial charge in [-0.3, -0.25) is 0 Å². The van der Waals surface area contributed by atoms with Crippen LogP contribution in [-0.2, 0) is 4.79 Å². The Balaban J connectivity index is 2.20. The third kappa shape index (κ3) is 2.99. The van der Waals surface area contributed by atoms with Gasteiger partial charge in [0, 0.05) is 12.8 Å². The van der Waals surface area contributed by atoms with Crippen LogP contribution >= 0.6 is 0 Å². The first-order chi connectivity index (χ1) is 8.16. The fourth-order valence-electron chi connectivity index (χ4n) is 2.04. The number of ketones is 1. The van der Waals surface area contributed by atoms with Crippen LogP contribution in [0.25, 0.3) is 0 Å². The minimum absolute atomic E-state index is 0.213. The zero-order valence-electron chi connectivity index (χ0n) is 10.4. The van der Waals surface area contributed by atoms with E-state index < -0.39 is 0 Å². The van der Waals surface area contributed by atoms with Gasteiger partial charge >= 0.3 is 0 Å². The Morgan fingerprint density at radius 1 is 1.29 bits per heavy atom. The summed E-state index contributed by atoms with van der Waals surface area (Å²) in [5.41, 5.74) is 1.13. The molecule has 0 radical (unpaired) electrons. The van der Waals surface area contributed by atoms with Crippen molar-refractivity contribution in [2.75, 3.05) is 13.2 Å². The van der Waals surface area contributed by atoms with Gasteiger partial charge in [0.15, 0.2) is 11.5 Å². The molecular weight excluding hydrogens is 216 g/mol. The van der Waals surface area contributed by atoms with E-state index in [2.05, 4.69) is 6.92 Å². The molecular formula is C14H18O3. The molecule has 1 unspecified atom stereocenters. The Hall–Kier alpha value is -1.51. The van der Waals surface area contributed by atoms with Crippen molar-refractivity contribution in [3.05, 3.63) is 23.8 Å². The maximum atomic E-state index is 11.1. The smallest absolute Gasteiger partial charge is 0.161 e. The van der Waals surface area contributed by atoms with Gasteiger partial charge in [0.25, 0.3) is 0 Å². The van der Waals surface area contributed by atoms with E-state index in [0.717, 1.165) is 23.5 Å². The molecule has 2 rings (SSSR count). The monoisotopic (exact) mass is 234 g/mol. The van der Waals surface area contributed by atoms with Crippen LogP contribution in [0.1, 0.15) is 38.2 Å². The fraction of sp³-hybridized carbons (Fsp3) is 0.500. The average molecular weight is 234 g/mol. The zero-order valence-corrected chi connectivity index (χ0v) is 10.4. The van der Waals surface area contributed by atoms with Crippen LogP contribution in [0.15, 0.2) is 18.2 Å². The number of rotatable bonds is 3. The minimum atomic E-state index is 0.213. The molecule has 0 aromatic heterocycles. The lowest BCUT2D eigenvalue weighted by molar-refractivity contribution is -0.117. The van der Waals surface area contributed by atoms with Gasteiger partial charge in [-0.2, -0.15) is 0 Å². The van der Waals surface area contributed by atoms with Crippen LogP contribution in [0.5, 0.6) is 11.5 Å². The maximum Gasteiger partial charge on any atom is 0.161 e. The number of hydrogen-bond acceptors (Lipinski definition) is 3. The van der Waals surface area contributed by atoms with Crippen molar-refractivity contribution < 1.29 is 14.3 Å². The van der Waals surface area contributed by atoms with E-state index in [1.165, 1.54) is 0 Å². The van der Waals surface area contributed by atoms with Crippen LogP contribution in [-0.4, -0.2) is 19.0 Å². The van der Waals surface area contributed by atoms with Gasteiger partial charge in [-0.15, -0.1) is 0 Å². The molecule has 0 fully saturated rings. The second-order valence-electron chi connectivity index (χ2n) is 4.56. The Morgan fingerprint density at radius 3 is 2.71 bits per heavy atom. The average Bonchev–Trinajstić information content (AvgIpc) is 2.51. The first-order valence-electron chi connectivity index (χ1n) is 6.06. The molecule has 17 heavy (non-hydrogen) atoms. The largest absolute Gasteiger partial charge is 0.490 e. The van der Waals surface area contributed by atoms with Gasteiger partial charge in [0.1, 0.15) is 5.78 Å². The van der Waals surface area contributed by atoms with Gasteiger partial charge in [-0.25, -0.2) is 0 Å². The Morgan fingerprint density at radius 2 is 2.00 bits per heavy atom. The Bertz CT molecular complexity index is 412. The van der Waals surface area contributed by atoms with Crippen molar-refractivity contribution >= 4 is 5.78 Å². The van der Waals surface area contributed by atoms with Crippen molar-refractivity contribution in [3.8, 4) is 11.5 Å². The number of Topliss-reactive ketones (excluding diaryl/α,β-unsaturated/α-hetero) is 1. The highest BCUT2D eigenvalue weighted by Crippen LogP contribution is 2.33. The Kier molecular flexibility index (Phi) is 3.67. The van der Waals surface area contributed by atoms with Crippen LogP contribution < -0.4 is 9.47 Å². The van der Waals surface area contributed by atoms with Gasteiger partial charge < -0.3 is 14.3 Å². The van der Waals surface area contributed by atoms with E-state index in [1.54, 1.807) is 6.92 Å². The quantitative estimate of drug-likeness (QED) is 0.806. The molecule has 1 aliphatic rings. The topological polar surface area (TPSA) is 35.5 Å². The molecule has 0 saturated heterocycles. The minimum Gasteiger partial charge on any atom is -0.490 e. The summed E-state index contributed by atoms with van der Waals surface area (Å²) in [5.74, 6) is 2.05. The molecule has 92 valence electrons. The fourth-order valence-corrected chi connectivity index (χ4v) is 2.04. The summed E-state index contributed by atoms with van der Waals surface area (Å²) in [6.07, 6.45) is 1.48. The van der Waals surface area contributed by atoms with Crippen LogP contribution in [0, 0.1) is 0 Å². The summed E-state index contributed by atoms with van der Waals surface area (Å²) in [6.45, 7) is 5.08. The lowest BCUT2D eigenvalue weighted by atomic mass is 9.96. The molecule has 1 aliphatic heterocycles. The summed E-state index contributed by atoms with van der Waals surface area (Å²) >= 11 is 0. The second kappa shape index (κ2) is 5.21. The van der Waals surface area contributed by atoms with E-state index in [1.807, 2.05) is 18.2 Å². The summed E-state index contributed by atoms with van der Waals surface area (Å²) in [4.78, 5) is 11.1. The van der Waals surface area contributed by atoms with Crippen molar-refractivity contribution in [1.82, 2.24) is 0 Å². The lowest BCUT2D eigenvalue weighted by Gasteiger charge is -2.13. The molecule has 3 nitrogen and oxygen atoms in total. The number of carbonyl (C=O) groups is 1. The number of fused-ring (bicyclic) bond motifs is 1. The SMILES string of the molecule is CC(=O)CC(C)c1ccc2c(c1)OCCCO2. The molecule has 0 saturated carbocycles. The summed E-state index contributed by atoms with van der Waals surface area (Å²) in [5, 5.41) is 0. The van der Waals surface area contributed by atoms with Gasteiger partial charge in [0.2, 0.25) is 0 Å². The highest BCUT2D eigenvalue weighted by molar-refractivity contribution is 5.76. The number of hydrogen-bond donors (Lipinski definition) is 0. The predicted octanol–water partition coefficient (Wildman–Crippen LogP) is 2.93. The molecule has 1 heterocycles. The molecule has 0 N–H and O–H groups in total. The first-order valence-corrected chi connectivity index (χ1v) is 6.06. The van der Waals surface area contributed by atoms with Crippen molar-refractivity contribution in [3.63, 3.8) is 0 Å². The predicted molar refractivity (Wildman–Crippen MR) is 65.8 cm³/mol. The van der Waals surface area contributed by atoms with Gasteiger partial charge in [-0.1, -0.05) is 13.0 Å². The summed E-state index contributed by atoms with van der Waals surface area (Å²) in [6, 6.07) is 5.95. The maximum absolute atomic E-state index is 11.1. The molecule has 0 amide bonds.